The minimum absolute atomic E-state index is 0.836. The van der Waals surface area contributed by atoms with Crippen molar-refractivity contribution in [3.63, 3.8) is 0 Å². The maximum atomic E-state index is 2.70. The van der Waals surface area contributed by atoms with Crippen molar-refractivity contribution in [2.45, 2.75) is 51.5 Å². The quantitative estimate of drug-likeness (QED) is 0.589. The zero-order valence-corrected chi connectivity index (χ0v) is 8.76. The van der Waals surface area contributed by atoms with Crippen LogP contribution in [0.15, 0.2) is 11.6 Å². The van der Waals surface area contributed by atoms with Gasteiger partial charge in [0.15, 0.2) is 0 Å². The Morgan fingerprint density at radius 1 is 1.31 bits per heavy atom. The minimum Gasteiger partial charge on any atom is -0.297 e. The van der Waals surface area contributed by atoms with E-state index < -0.39 is 0 Å². The molecule has 2 aliphatic rings. The van der Waals surface area contributed by atoms with Crippen LogP contribution in [0.4, 0.5) is 0 Å². The number of hydrogen-bond donors (Lipinski definition) is 0. The van der Waals surface area contributed by atoms with Crippen LogP contribution >= 0.6 is 0 Å². The van der Waals surface area contributed by atoms with Gasteiger partial charge >= 0.3 is 0 Å². The SMILES string of the molecule is CC/C=C1\CCCC1N1CCCC1. The monoisotopic (exact) mass is 179 g/mol. The second kappa shape index (κ2) is 4.28. The van der Waals surface area contributed by atoms with Gasteiger partial charge in [0.1, 0.15) is 0 Å². The molecule has 13 heavy (non-hydrogen) atoms. The summed E-state index contributed by atoms with van der Waals surface area (Å²) in [5, 5.41) is 0. The highest BCUT2D eigenvalue weighted by Crippen LogP contribution is 2.31. The highest BCUT2D eigenvalue weighted by Gasteiger charge is 2.27. The van der Waals surface area contributed by atoms with Crippen LogP contribution in [0.5, 0.6) is 0 Å². The smallest absolute Gasteiger partial charge is 0.0307 e. The molecule has 1 heteroatoms. The van der Waals surface area contributed by atoms with Crippen molar-refractivity contribution in [2.24, 2.45) is 0 Å². The molecule has 0 aromatic rings. The maximum absolute atomic E-state index is 2.70. The van der Waals surface area contributed by atoms with E-state index in [1.807, 2.05) is 0 Å². The summed E-state index contributed by atoms with van der Waals surface area (Å²) in [6.45, 7) is 4.96. The molecule has 2 fully saturated rings. The summed E-state index contributed by atoms with van der Waals surface area (Å²) in [4.78, 5) is 2.70. The van der Waals surface area contributed by atoms with E-state index in [-0.39, 0.29) is 0 Å². The lowest BCUT2D eigenvalue weighted by atomic mass is 10.1. The Hall–Kier alpha value is -0.300. The van der Waals surface area contributed by atoms with Gasteiger partial charge in [-0.2, -0.15) is 0 Å². The summed E-state index contributed by atoms with van der Waals surface area (Å²) in [6.07, 6.45) is 10.8. The van der Waals surface area contributed by atoms with E-state index in [1.54, 1.807) is 5.57 Å². The van der Waals surface area contributed by atoms with E-state index in [9.17, 15) is 0 Å². The Kier molecular flexibility index (Phi) is 3.05. The van der Waals surface area contributed by atoms with Crippen molar-refractivity contribution < 1.29 is 0 Å². The van der Waals surface area contributed by atoms with Crippen molar-refractivity contribution in [3.8, 4) is 0 Å². The number of likely N-dealkylation sites (tertiary alicyclic amines) is 1. The van der Waals surface area contributed by atoms with Gasteiger partial charge in [0.05, 0.1) is 0 Å². The minimum atomic E-state index is 0.836. The first-order valence-electron chi connectivity index (χ1n) is 5.85. The Balaban J connectivity index is 2.00. The fourth-order valence-corrected chi connectivity index (χ4v) is 2.82. The predicted octanol–water partition coefficient (Wildman–Crippen LogP) is 2.97. The summed E-state index contributed by atoms with van der Waals surface area (Å²) in [6, 6.07) is 0.836. The molecule has 0 N–H and O–H groups in total. The van der Waals surface area contributed by atoms with Gasteiger partial charge in [-0.25, -0.2) is 0 Å². The molecule has 1 atom stereocenters. The molecular weight excluding hydrogens is 158 g/mol. The van der Waals surface area contributed by atoms with E-state index in [2.05, 4.69) is 17.9 Å². The maximum Gasteiger partial charge on any atom is 0.0307 e. The van der Waals surface area contributed by atoms with Gasteiger partial charge in [-0.3, -0.25) is 4.90 Å². The number of nitrogens with zero attached hydrogens (tertiary/aromatic N) is 1. The molecule has 1 saturated heterocycles. The molecular formula is C12H21N. The number of allylic oxidation sites excluding steroid dienone is 1. The standard InChI is InChI=1S/C12H21N/c1-2-6-11-7-5-8-12(11)13-9-3-4-10-13/h6,12H,2-5,7-10H2,1H3/b11-6+. The Morgan fingerprint density at radius 2 is 2.08 bits per heavy atom. The molecule has 0 amide bonds. The highest BCUT2D eigenvalue weighted by atomic mass is 15.2. The average Bonchev–Trinajstić information content (AvgIpc) is 2.71. The van der Waals surface area contributed by atoms with E-state index in [0.29, 0.717) is 0 Å². The molecule has 1 aliphatic carbocycles. The second-order valence-corrected chi connectivity index (χ2v) is 4.34. The summed E-state index contributed by atoms with van der Waals surface area (Å²) in [5.74, 6) is 0. The lowest BCUT2D eigenvalue weighted by molar-refractivity contribution is 0.277. The number of hydrogen-bond acceptors (Lipinski definition) is 1. The van der Waals surface area contributed by atoms with Crippen LogP contribution in [0.2, 0.25) is 0 Å². The summed E-state index contributed by atoms with van der Waals surface area (Å²) in [5.41, 5.74) is 1.74. The molecule has 1 saturated carbocycles. The summed E-state index contributed by atoms with van der Waals surface area (Å²) in [7, 11) is 0. The molecule has 0 aromatic carbocycles. The van der Waals surface area contributed by atoms with E-state index >= 15 is 0 Å². The largest absolute Gasteiger partial charge is 0.297 e. The van der Waals surface area contributed by atoms with Crippen LogP contribution in [0.1, 0.15) is 45.4 Å². The molecule has 1 unspecified atom stereocenters. The normalized spacial score (nSPS) is 33.3. The van der Waals surface area contributed by atoms with Crippen LogP contribution in [-0.4, -0.2) is 24.0 Å². The third-order valence-electron chi connectivity index (χ3n) is 3.42. The molecule has 74 valence electrons. The van der Waals surface area contributed by atoms with Gasteiger partial charge in [0.25, 0.3) is 0 Å². The van der Waals surface area contributed by atoms with Crippen molar-refractivity contribution >= 4 is 0 Å². The first-order valence-corrected chi connectivity index (χ1v) is 5.85. The van der Waals surface area contributed by atoms with Gasteiger partial charge < -0.3 is 0 Å². The van der Waals surface area contributed by atoms with Crippen molar-refractivity contribution in [2.75, 3.05) is 13.1 Å². The van der Waals surface area contributed by atoms with Crippen LogP contribution in [0.3, 0.4) is 0 Å². The lowest BCUT2D eigenvalue weighted by Crippen LogP contribution is -2.31. The molecule has 0 bridgehead atoms. The van der Waals surface area contributed by atoms with Crippen LogP contribution < -0.4 is 0 Å². The van der Waals surface area contributed by atoms with Crippen LogP contribution in [0.25, 0.3) is 0 Å². The zero-order chi connectivity index (χ0) is 9.10. The molecule has 2 rings (SSSR count). The van der Waals surface area contributed by atoms with Crippen molar-refractivity contribution in [3.05, 3.63) is 11.6 Å². The third kappa shape index (κ3) is 1.96. The first-order chi connectivity index (χ1) is 6.42. The zero-order valence-electron chi connectivity index (χ0n) is 8.76. The summed E-state index contributed by atoms with van der Waals surface area (Å²) >= 11 is 0. The fraction of sp³-hybridized carbons (Fsp3) is 0.833. The van der Waals surface area contributed by atoms with E-state index in [0.717, 1.165) is 6.04 Å². The van der Waals surface area contributed by atoms with Gasteiger partial charge in [-0.1, -0.05) is 18.6 Å². The molecule has 0 radical (unpaired) electrons. The second-order valence-electron chi connectivity index (χ2n) is 4.34. The third-order valence-corrected chi connectivity index (χ3v) is 3.42. The molecule has 1 nitrogen and oxygen atoms in total. The van der Waals surface area contributed by atoms with Gasteiger partial charge in [0.2, 0.25) is 0 Å². The topological polar surface area (TPSA) is 3.24 Å². The van der Waals surface area contributed by atoms with Crippen molar-refractivity contribution in [1.29, 1.82) is 0 Å². The Labute approximate surface area is 81.8 Å². The van der Waals surface area contributed by atoms with Crippen molar-refractivity contribution in [1.82, 2.24) is 4.90 Å². The lowest BCUT2D eigenvalue weighted by Gasteiger charge is -2.24. The van der Waals surface area contributed by atoms with Gasteiger partial charge in [-0.15, -0.1) is 0 Å². The van der Waals surface area contributed by atoms with E-state index in [1.165, 1.54) is 51.6 Å². The van der Waals surface area contributed by atoms with E-state index in [4.69, 9.17) is 0 Å². The van der Waals surface area contributed by atoms with Crippen LogP contribution in [0, 0.1) is 0 Å². The van der Waals surface area contributed by atoms with Crippen LogP contribution in [-0.2, 0) is 0 Å². The molecule has 0 aromatic heterocycles. The van der Waals surface area contributed by atoms with Gasteiger partial charge in [0, 0.05) is 6.04 Å². The number of rotatable bonds is 2. The fourth-order valence-electron chi connectivity index (χ4n) is 2.82. The predicted molar refractivity (Wildman–Crippen MR) is 56.8 cm³/mol. The molecule has 1 heterocycles. The Morgan fingerprint density at radius 3 is 2.77 bits per heavy atom. The highest BCUT2D eigenvalue weighted by molar-refractivity contribution is 5.16. The molecule has 0 spiro atoms. The summed E-state index contributed by atoms with van der Waals surface area (Å²) < 4.78 is 0. The molecule has 1 aliphatic heterocycles. The average molecular weight is 179 g/mol. The van der Waals surface area contributed by atoms with Gasteiger partial charge in [-0.05, 0) is 51.6 Å². The first kappa shape index (κ1) is 9.26. The Bertz CT molecular complexity index is 189.